The SMILES string of the molecule is CCC1(CC2=Cc3c(-c4cc(C)cc(C)c4)cccc3[CH]2[Zr]([Cl])([Cl])([CH]2C(CC3(CC)CCCCCCCC3)=Cc3c(-c4cc(C)cc(C)c4)cccc32)[SiH](C)C)CCCCCCCC1. The summed E-state index contributed by atoms with van der Waals surface area (Å²) in [4.78, 5) is 0. The molecule has 0 saturated heterocycles. The number of halogens is 2. The average molecular weight is 993 g/mol. The third-order valence-electron chi connectivity index (χ3n) is 17.6. The fourth-order valence-electron chi connectivity index (χ4n) is 14.0. The molecule has 0 nitrogen and oxygen atoms in total. The predicted octanol–water partition coefficient (Wildman–Crippen LogP) is 19.7. The van der Waals surface area contributed by atoms with Gasteiger partial charge in [-0.3, -0.25) is 0 Å². The van der Waals surface area contributed by atoms with Crippen LogP contribution in [0.25, 0.3) is 34.4 Å². The monoisotopic (exact) mass is 989 g/mol. The molecular formula is C60H81Cl2SiZr. The van der Waals surface area contributed by atoms with Gasteiger partial charge in [-0.2, -0.15) is 0 Å². The first-order chi connectivity index (χ1) is 30.7. The normalized spacial score (nSPS) is 22.1. The van der Waals surface area contributed by atoms with E-state index < -0.39 is 21.5 Å². The van der Waals surface area contributed by atoms with Gasteiger partial charge in [0, 0.05) is 0 Å². The van der Waals surface area contributed by atoms with Gasteiger partial charge in [-0.25, -0.2) is 0 Å². The van der Waals surface area contributed by atoms with Gasteiger partial charge in [0.1, 0.15) is 0 Å². The van der Waals surface area contributed by atoms with Crippen molar-refractivity contribution in [2.75, 3.05) is 0 Å². The van der Waals surface area contributed by atoms with Crippen molar-refractivity contribution < 1.29 is 15.6 Å². The summed E-state index contributed by atoms with van der Waals surface area (Å²) in [6.07, 6.45) is 31.7. The maximum atomic E-state index is 9.42. The van der Waals surface area contributed by atoms with Crippen molar-refractivity contribution in [3.63, 3.8) is 0 Å². The zero-order chi connectivity index (χ0) is 45.3. The second kappa shape index (κ2) is 19.9. The maximum absolute atomic E-state index is 9.42. The summed E-state index contributed by atoms with van der Waals surface area (Å²) >= 11 is -5.19. The van der Waals surface area contributed by atoms with Gasteiger partial charge in [0.05, 0.1) is 0 Å². The molecule has 0 spiro atoms. The quantitative estimate of drug-likeness (QED) is 0.131. The van der Waals surface area contributed by atoms with E-state index in [9.17, 15) is 17.0 Å². The van der Waals surface area contributed by atoms with Crippen molar-refractivity contribution in [1.29, 1.82) is 0 Å². The first-order valence-corrected chi connectivity index (χ1v) is 42.4. The summed E-state index contributed by atoms with van der Waals surface area (Å²) in [6.45, 7) is 19.2. The number of allylic oxidation sites excluding steroid dienone is 2. The number of fused-ring (bicyclic) bond motifs is 2. The van der Waals surface area contributed by atoms with Crippen LogP contribution in [0.2, 0.25) is 13.1 Å². The van der Waals surface area contributed by atoms with Crippen molar-refractivity contribution in [1.82, 2.24) is 0 Å². The zero-order valence-electron chi connectivity index (χ0n) is 41.2. The molecule has 2 fully saturated rings. The van der Waals surface area contributed by atoms with Gasteiger partial charge in [-0.1, -0.05) is 0 Å². The van der Waals surface area contributed by atoms with Crippen molar-refractivity contribution >= 4 is 35.1 Å². The van der Waals surface area contributed by atoms with Crippen LogP contribution in [0, 0.1) is 38.5 Å². The Morgan fingerprint density at radius 2 is 0.828 bits per heavy atom. The summed E-state index contributed by atoms with van der Waals surface area (Å²) in [5, 5.41) is 0. The molecule has 2 unspecified atom stereocenters. The van der Waals surface area contributed by atoms with Gasteiger partial charge < -0.3 is 0 Å². The fraction of sp³-hybridized carbons (Fsp3) is 0.533. The van der Waals surface area contributed by atoms with Crippen LogP contribution < -0.4 is 0 Å². The number of rotatable bonds is 11. The molecule has 0 N–H and O–H groups in total. The molecule has 0 aromatic heterocycles. The zero-order valence-corrected chi connectivity index (χ0v) is 46.3. The standard InChI is InChI=1S/2C29H37.C2H7Si.2ClH.Zr/c2*1-4-29(14-9-7-5-6-8-10-15-29)21-24-19-25-12-11-13-27(28(25)20-24)26-17-22(2)16-23(3)18-26;1-3-2;;;/h2*11-13,16-20H,4-10,14-15,21H2,1-3H3;3H,1-2H3;2*1H;/q;;;;;+2/p-2. The Bertz CT molecular complexity index is 2160. The second-order valence-corrected chi connectivity index (χ2v) is 64.9. The Morgan fingerprint density at radius 3 is 1.14 bits per heavy atom. The third-order valence-corrected chi connectivity index (χ3v) is 69.4. The van der Waals surface area contributed by atoms with E-state index in [1.807, 2.05) is 0 Å². The van der Waals surface area contributed by atoms with Crippen LogP contribution in [0.5, 0.6) is 0 Å². The van der Waals surface area contributed by atoms with Gasteiger partial charge in [-0.15, -0.1) is 0 Å². The molecule has 4 aromatic rings. The molecule has 4 aliphatic rings. The van der Waals surface area contributed by atoms with E-state index in [0.29, 0.717) is 0 Å². The van der Waals surface area contributed by atoms with Gasteiger partial charge in [0.15, 0.2) is 0 Å². The van der Waals surface area contributed by atoms with Gasteiger partial charge in [0.2, 0.25) is 0 Å². The van der Waals surface area contributed by atoms with Gasteiger partial charge in [0.25, 0.3) is 0 Å². The fourth-order valence-corrected chi connectivity index (χ4v) is 45.3. The molecule has 4 heteroatoms. The molecule has 8 rings (SSSR count). The molecule has 0 heterocycles. The van der Waals surface area contributed by atoms with Crippen LogP contribution in [0.4, 0.5) is 0 Å². The van der Waals surface area contributed by atoms with Crippen molar-refractivity contribution in [3.8, 4) is 22.3 Å². The molecule has 0 bridgehead atoms. The van der Waals surface area contributed by atoms with Crippen molar-refractivity contribution in [2.24, 2.45) is 10.8 Å². The topological polar surface area (TPSA) is 0 Å². The Hall–Kier alpha value is -1.96. The van der Waals surface area contributed by atoms with E-state index in [-0.39, 0.29) is 18.1 Å². The van der Waals surface area contributed by atoms with Crippen LogP contribution in [0.1, 0.15) is 194 Å². The van der Waals surface area contributed by atoms with Crippen LogP contribution in [-0.2, 0) is 15.6 Å². The van der Waals surface area contributed by atoms with E-state index in [1.165, 1.54) is 182 Å². The van der Waals surface area contributed by atoms with Crippen molar-refractivity contribution in [2.45, 2.75) is 190 Å². The van der Waals surface area contributed by atoms with E-state index in [0.717, 1.165) is 12.8 Å². The summed E-state index contributed by atoms with van der Waals surface area (Å²) < 4.78 is 0.186. The minimum atomic E-state index is -5.19. The first-order valence-electron chi connectivity index (χ1n) is 26.1. The Balaban J connectivity index is 1.38. The Morgan fingerprint density at radius 1 is 0.500 bits per heavy atom. The molecule has 343 valence electrons. The Labute approximate surface area is 399 Å². The predicted molar refractivity (Wildman–Crippen MR) is 283 cm³/mol. The Kier molecular flexibility index (Phi) is 15.1. The molecule has 0 aliphatic heterocycles. The summed E-state index contributed by atoms with van der Waals surface area (Å²) in [5.74, 6) is -1.79. The molecular weight excluding hydrogens is 911 g/mol. The number of benzene rings is 4. The number of hydrogen-bond donors (Lipinski definition) is 0. The van der Waals surface area contributed by atoms with Crippen molar-refractivity contribution in [3.05, 3.63) is 128 Å². The van der Waals surface area contributed by atoms with Crippen LogP contribution >= 0.6 is 17.0 Å². The summed E-state index contributed by atoms with van der Waals surface area (Å²) in [7, 11) is 18.8. The van der Waals surface area contributed by atoms with Crippen LogP contribution in [-0.4, -0.2) is 5.92 Å². The van der Waals surface area contributed by atoms with E-state index >= 15 is 0 Å². The molecule has 2 atom stereocenters. The first kappa shape index (κ1) is 48.5. The van der Waals surface area contributed by atoms with Crippen LogP contribution in [0.15, 0.2) is 83.9 Å². The number of aryl methyl sites for hydroxylation is 4. The van der Waals surface area contributed by atoms with Gasteiger partial charge >= 0.3 is 402 Å². The minimum absolute atomic E-state index is 0.0932. The molecule has 0 radical (unpaired) electrons. The molecule has 64 heavy (non-hydrogen) atoms. The summed E-state index contributed by atoms with van der Waals surface area (Å²) in [6, 6.07) is 28.7. The second-order valence-electron chi connectivity index (χ2n) is 22.4. The van der Waals surface area contributed by atoms with E-state index in [1.54, 1.807) is 11.1 Å². The molecule has 2 saturated carbocycles. The van der Waals surface area contributed by atoms with E-state index in [2.05, 4.69) is 140 Å². The summed E-state index contributed by atoms with van der Waals surface area (Å²) in [5.41, 5.74) is 20.1. The average Bonchev–Trinajstić information content (AvgIpc) is 3.88. The molecule has 4 aliphatic carbocycles. The molecule has 0 amide bonds. The number of hydrogen-bond acceptors (Lipinski definition) is 0. The molecule has 4 aromatic carbocycles. The van der Waals surface area contributed by atoms with E-state index in [4.69, 9.17) is 0 Å². The van der Waals surface area contributed by atoms with Gasteiger partial charge in [-0.05, 0) is 0 Å². The van der Waals surface area contributed by atoms with Crippen LogP contribution in [0.3, 0.4) is 0 Å². The third kappa shape index (κ3) is 9.55.